The molecule has 5 heteroatoms. The first-order valence-corrected chi connectivity index (χ1v) is 6.01. The Labute approximate surface area is 106 Å². The van der Waals surface area contributed by atoms with Crippen LogP contribution in [0.4, 0.5) is 11.4 Å². The molecule has 1 fully saturated rings. The lowest BCUT2D eigenvalue weighted by Crippen LogP contribution is -2.44. The average Bonchev–Trinajstić information content (AvgIpc) is 2.19. The van der Waals surface area contributed by atoms with Gasteiger partial charge in [0, 0.05) is 31.9 Å². The molecular weight excluding hydrogens is 245 g/mol. The summed E-state index contributed by atoms with van der Waals surface area (Å²) in [5.41, 5.74) is 7.20. The number of nitrogen functional groups attached to an aromatic ring is 1. The Bertz CT molecular complexity index is 364. The van der Waals surface area contributed by atoms with E-state index in [-0.39, 0.29) is 0 Å². The summed E-state index contributed by atoms with van der Waals surface area (Å²) in [5, 5.41) is 1.27. The number of rotatable bonds is 1. The SMILES string of the molecule is CN1CCN(c2c(Cl)cc(N)cc2Cl)CC1. The van der Waals surface area contributed by atoms with Crippen LogP contribution in [0, 0.1) is 0 Å². The van der Waals surface area contributed by atoms with Crippen LogP contribution in [0.3, 0.4) is 0 Å². The number of halogens is 2. The van der Waals surface area contributed by atoms with E-state index in [9.17, 15) is 0 Å². The summed E-state index contributed by atoms with van der Waals surface area (Å²) in [4.78, 5) is 4.50. The third-order valence-corrected chi connectivity index (χ3v) is 3.43. The van der Waals surface area contributed by atoms with Gasteiger partial charge in [-0.05, 0) is 19.2 Å². The lowest BCUT2D eigenvalue weighted by atomic mass is 10.2. The summed E-state index contributed by atoms with van der Waals surface area (Å²) in [6.07, 6.45) is 0. The smallest absolute Gasteiger partial charge is 0.0747 e. The second kappa shape index (κ2) is 4.70. The molecule has 0 aliphatic carbocycles. The second-order valence-corrected chi connectivity index (χ2v) is 4.94. The molecule has 88 valence electrons. The molecule has 0 bridgehead atoms. The van der Waals surface area contributed by atoms with Crippen LogP contribution in [0.1, 0.15) is 0 Å². The Morgan fingerprint density at radius 3 is 2.06 bits per heavy atom. The van der Waals surface area contributed by atoms with Gasteiger partial charge in [0.15, 0.2) is 0 Å². The monoisotopic (exact) mass is 259 g/mol. The quantitative estimate of drug-likeness (QED) is 0.786. The van der Waals surface area contributed by atoms with Crippen molar-refractivity contribution in [2.24, 2.45) is 0 Å². The van der Waals surface area contributed by atoms with E-state index in [4.69, 9.17) is 28.9 Å². The maximum Gasteiger partial charge on any atom is 0.0747 e. The molecule has 0 aromatic heterocycles. The van der Waals surface area contributed by atoms with Crippen molar-refractivity contribution in [2.45, 2.75) is 0 Å². The summed E-state index contributed by atoms with van der Waals surface area (Å²) in [6, 6.07) is 3.50. The zero-order valence-electron chi connectivity index (χ0n) is 9.21. The number of benzene rings is 1. The molecule has 0 amide bonds. The molecule has 16 heavy (non-hydrogen) atoms. The molecule has 1 aromatic rings. The highest BCUT2D eigenvalue weighted by molar-refractivity contribution is 6.39. The van der Waals surface area contributed by atoms with Crippen LogP contribution in [-0.4, -0.2) is 38.1 Å². The Hall–Kier alpha value is -0.640. The molecule has 1 aliphatic heterocycles. The normalized spacial score (nSPS) is 17.8. The van der Waals surface area contributed by atoms with Gasteiger partial charge < -0.3 is 15.5 Å². The standard InChI is InChI=1S/C11H15Cl2N3/c1-15-2-4-16(5-3-15)11-9(12)6-8(14)7-10(11)13/h6-7H,2-5,14H2,1H3. The van der Waals surface area contributed by atoms with Gasteiger partial charge in [-0.3, -0.25) is 0 Å². The van der Waals surface area contributed by atoms with E-state index in [1.54, 1.807) is 12.1 Å². The summed E-state index contributed by atoms with van der Waals surface area (Å²) >= 11 is 12.4. The van der Waals surface area contributed by atoms with E-state index in [2.05, 4.69) is 16.8 Å². The molecule has 0 spiro atoms. The maximum atomic E-state index is 6.18. The van der Waals surface area contributed by atoms with Gasteiger partial charge in [-0.15, -0.1) is 0 Å². The summed E-state index contributed by atoms with van der Waals surface area (Å²) in [7, 11) is 2.11. The van der Waals surface area contributed by atoms with E-state index < -0.39 is 0 Å². The number of nitrogens with zero attached hydrogens (tertiary/aromatic N) is 2. The Balaban J connectivity index is 2.26. The van der Waals surface area contributed by atoms with Gasteiger partial charge >= 0.3 is 0 Å². The summed E-state index contributed by atoms with van der Waals surface area (Å²) in [5.74, 6) is 0. The van der Waals surface area contributed by atoms with E-state index in [1.807, 2.05) is 0 Å². The fourth-order valence-corrected chi connectivity index (χ4v) is 2.66. The molecule has 0 unspecified atom stereocenters. The molecule has 2 N–H and O–H groups in total. The van der Waals surface area contributed by atoms with Gasteiger partial charge in [0.25, 0.3) is 0 Å². The average molecular weight is 260 g/mol. The topological polar surface area (TPSA) is 32.5 Å². The fourth-order valence-electron chi connectivity index (χ4n) is 1.92. The first-order valence-electron chi connectivity index (χ1n) is 5.26. The lowest BCUT2D eigenvalue weighted by molar-refractivity contribution is 0.313. The van der Waals surface area contributed by atoms with Gasteiger partial charge in [0.05, 0.1) is 15.7 Å². The Kier molecular flexibility index (Phi) is 3.47. The molecule has 2 rings (SSSR count). The predicted molar refractivity (Wildman–Crippen MR) is 70.6 cm³/mol. The molecule has 0 atom stereocenters. The number of nitrogens with two attached hydrogens (primary N) is 1. The third kappa shape index (κ3) is 2.37. The molecule has 1 aliphatic rings. The highest BCUT2D eigenvalue weighted by atomic mass is 35.5. The number of likely N-dealkylation sites (N-methyl/N-ethyl adjacent to an activating group) is 1. The largest absolute Gasteiger partial charge is 0.399 e. The van der Waals surface area contributed by atoms with Gasteiger partial charge in [-0.25, -0.2) is 0 Å². The first kappa shape index (κ1) is 11.8. The molecule has 0 radical (unpaired) electrons. The van der Waals surface area contributed by atoms with Crippen molar-refractivity contribution in [3.63, 3.8) is 0 Å². The zero-order valence-corrected chi connectivity index (χ0v) is 10.7. The van der Waals surface area contributed by atoms with Crippen molar-refractivity contribution >= 4 is 34.6 Å². The van der Waals surface area contributed by atoms with Crippen LogP contribution in [0.2, 0.25) is 10.0 Å². The minimum atomic E-state index is 0.605. The summed E-state index contributed by atoms with van der Waals surface area (Å²) < 4.78 is 0. The molecule has 0 saturated carbocycles. The third-order valence-electron chi connectivity index (χ3n) is 2.86. The van der Waals surface area contributed by atoms with Crippen molar-refractivity contribution in [1.82, 2.24) is 4.90 Å². The Morgan fingerprint density at radius 1 is 1.06 bits per heavy atom. The number of hydrogen-bond acceptors (Lipinski definition) is 3. The van der Waals surface area contributed by atoms with E-state index >= 15 is 0 Å². The minimum absolute atomic E-state index is 0.605. The number of piperazine rings is 1. The highest BCUT2D eigenvalue weighted by Gasteiger charge is 2.19. The predicted octanol–water partition coefficient (Wildman–Crippen LogP) is 2.33. The zero-order chi connectivity index (χ0) is 11.7. The van der Waals surface area contributed by atoms with Crippen molar-refractivity contribution in [2.75, 3.05) is 43.9 Å². The summed E-state index contributed by atoms with van der Waals surface area (Å²) in [6.45, 7) is 3.94. The Morgan fingerprint density at radius 2 is 1.56 bits per heavy atom. The lowest BCUT2D eigenvalue weighted by Gasteiger charge is -2.35. The molecular formula is C11H15Cl2N3. The van der Waals surface area contributed by atoms with Crippen molar-refractivity contribution in [1.29, 1.82) is 0 Å². The molecule has 3 nitrogen and oxygen atoms in total. The van der Waals surface area contributed by atoms with Crippen LogP contribution in [0.25, 0.3) is 0 Å². The van der Waals surface area contributed by atoms with Crippen LogP contribution in [0.15, 0.2) is 12.1 Å². The van der Waals surface area contributed by atoms with Gasteiger partial charge in [-0.2, -0.15) is 0 Å². The number of hydrogen-bond donors (Lipinski definition) is 1. The minimum Gasteiger partial charge on any atom is -0.399 e. The van der Waals surface area contributed by atoms with Gasteiger partial charge in [0.1, 0.15) is 0 Å². The van der Waals surface area contributed by atoms with Crippen molar-refractivity contribution in [3.8, 4) is 0 Å². The highest BCUT2D eigenvalue weighted by Crippen LogP contribution is 2.36. The van der Waals surface area contributed by atoms with Crippen LogP contribution in [-0.2, 0) is 0 Å². The van der Waals surface area contributed by atoms with Crippen molar-refractivity contribution in [3.05, 3.63) is 22.2 Å². The van der Waals surface area contributed by atoms with Gasteiger partial charge in [-0.1, -0.05) is 23.2 Å². The maximum absolute atomic E-state index is 6.18. The van der Waals surface area contributed by atoms with E-state index in [0.717, 1.165) is 31.9 Å². The van der Waals surface area contributed by atoms with Gasteiger partial charge in [0.2, 0.25) is 0 Å². The van der Waals surface area contributed by atoms with Crippen LogP contribution in [0.5, 0.6) is 0 Å². The van der Waals surface area contributed by atoms with Crippen molar-refractivity contribution < 1.29 is 0 Å². The molecule has 1 heterocycles. The van der Waals surface area contributed by atoms with Crippen LogP contribution < -0.4 is 10.6 Å². The van der Waals surface area contributed by atoms with Crippen LogP contribution >= 0.6 is 23.2 Å². The van der Waals surface area contributed by atoms with E-state index in [0.29, 0.717) is 15.7 Å². The first-order chi connectivity index (χ1) is 7.58. The van der Waals surface area contributed by atoms with E-state index in [1.165, 1.54) is 0 Å². The second-order valence-electron chi connectivity index (χ2n) is 4.12. The fraction of sp³-hybridized carbons (Fsp3) is 0.455. The number of anilines is 2. The molecule has 1 aromatic carbocycles. The molecule has 1 saturated heterocycles.